The minimum Gasteiger partial charge on any atom is -0.493 e. The molecule has 162 valence electrons. The fraction of sp³-hybridized carbons (Fsp3) is 0.636. The molecule has 0 aliphatic heterocycles. The molecular weight excluding hydrogens is 493 g/mol. The Labute approximate surface area is 204 Å². The number of rotatable bonds is 5. The number of hydrogen-bond donors (Lipinski definition) is 0. The van der Waals surface area contributed by atoms with E-state index in [9.17, 15) is 0 Å². The van der Waals surface area contributed by atoms with Gasteiger partial charge in [0.2, 0.25) is 0 Å². The molecule has 1 nitrogen and oxygen atoms in total. The molecule has 2 aliphatic rings. The first-order valence-corrected chi connectivity index (χ1v) is 11.9. The zero-order valence-corrected chi connectivity index (χ0v) is 21.7. The van der Waals surface area contributed by atoms with E-state index >= 15 is 0 Å². The van der Waals surface area contributed by atoms with Gasteiger partial charge >= 0.3 is 0 Å². The van der Waals surface area contributed by atoms with Gasteiger partial charge in [0.25, 0.3) is 0 Å². The highest BCUT2D eigenvalue weighted by Gasteiger charge is 2.78. The Hall–Kier alpha value is 0.500. The summed E-state index contributed by atoms with van der Waals surface area (Å²) in [6.07, 6.45) is 1.46. The maximum atomic E-state index is 6.80. The smallest absolute Gasteiger partial charge is 0.166 e. The molecule has 1 aromatic carbocycles. The molecule has 0 heterocycles. The average Bonchev–Trinajstić information content (AvgIpc) is 2.80. The normalized spacial score (nSPS) is 31.5. The monoisotopic (exact) mass is 516 g/mol. The lowest BCUT2D eigenvalue weighted by Crippen LogP contribution is -2.45. The second kappa shape index (κ2) is 7.53. The third-order valence-electron chi connectivity index (χ3n) is 5.96. The van der Waals surface area contributed by atoms with Gasteiger partial charge in [-0.3, -0.25) is 0 Å². The zero-order valence-electron chi connectivity index (χ0n) is 17.2. The quantitative estimate of drug-likeness (QED) is 0.354. The van der Waals surface area contributed by atoms with Crippen molar-refractivity contribution in [3.05, 3.63) is 39.9 Å². The first kappa shape index (κ1) is 24.1. The van der Waals surface area contributed by atoms with Crippen molar-refractivity contribution in [2.75, 3.05) is 6.61 Å². The summed E-state index contributed by atoms with van der Waals surface area (Å²) < 4.78 is 4.51. The second-order valence-corrected chi connectivity index (χ2v) is 13.4. The van der Waals surface area contributed by atoms with Crippen LogP contribution in [0, 0.1) is 11.3 Å². The molecule has 0 aromatic heterocycles. The van der Waals surface area contributed by atoms with Crippen LogP contribution in [-0.2, 0) is 5.41 Å². The molecule has 2 aliphatic carbocycles. The Bertz CT molecular complexity index is 823. The highest BCUT2D eigenvalue weighted by atomic mass is 35.5. The number of ether oxygens (including phenoxy) is 1. The highest BCUT2D eigenvalue weighted by Crippen LogP contribution is 2.74. The number of alkyl halides is 4. The fourth-order valence-electron chi connectivity index (χ4n) is 4.83. The van der Waals surface area contributed by atoms with Gasteiger partial charge in [0.1, 0.15) is 15.5 Å². The molecule has 1 aromatic rings. The van der Waals surface area contributed by atoms with Crippen molar-refractivity contribution in [2.45, 2.75) is 67.0 Å². The predicted molar refractivity (Wildman–Crippen MR) is 127 cm³/mol. The summed E-state index contributed by atoms with van der Waals surface area (Å²) in [5.41, 5.74) is 1.58. The average molecular weight is 519 g/mol. The van der Waals surface area contributed by atoms with E-state index in [0.29, 0.717) is 6.42 Å². The lowest BCUT2D eigenvalue weighted by atomic mass is 9.72. The molecule has 0 N–H and O–H groups in total. The lowest BCUT2D eigenvalue weighted by Gasteiger charge is -2.34. The molecular formula is C22H26Cl6O. The molecule has 0 spiro atoms. The molecule has 29 heavy (non-hydrogen) atoms. The Kier molecular flexibility index (Phi) is 6.27. The molecule has 7 heteroatoms. The van der Waals surface area contributed by atoms with Gasteiger partial charge in [-0.05, 0) is 41.4 Å². The number of benzene rings is 1. The fourth-order valence-corrected chi connectivity index (χ4v) is 7.66. The Balaban J connectivity index is 1.72. The van der Waals surface area contributed by atoms with Crippen LogP contribution in [-0.4, -0.2) is 20.7 Å². The maximum Gasteiger partial charge on any atom is 0.166 e. The van der Waals surface area contributed by atoms with Gasteiger partial charge in [-0.25, -0.2) is 0 Å². The van der Waals surface area contributed by atoms with Crippen LogP contribution in [0.15, 0.2) is 34.3 Å². The molecule has 2 bridgehead atoms. The molecule has 3 rings (SSSR count). The van der Waals surface area contributed by atoms with Crippen molar-refractivity contribution in [2.24, 2.45) is 11.3 Å². The van der Waals surface area contributed by atoms with Crippen LogP contribution >= 0.6 is 69.6 Å². The number of fused-ring (bicyclic) bond motifs is 2. The molecule has 0 amide bonds. The van der Waals surface area contributed by atoms with Gasteiger partial charge in [0, 0.05) is 5.92 Å². The van der Waals surface area contributed by atoms with E-state index in [0.717, 1.165) is 12.2 Å². The van der Waals surface area contributed by atoms with Crippen LogP contribution in [0.4, 0.5) is 0 Å². The first-order valence-electron chi connectivity index (χ1n) is 9.61. The van der Waals surface area contributed by atoms with Crippen LogP contribution in [0.1, 0.15) is 53.0 Å². The minimum absolute atomic E-state index is 0.0680. The minimum atomic E-state index is -1.51. The van der Waals surface area contributed by atoms with Crippen LogP contribution in [0.25, 0.3) is 0 Å². The van der Waals surface area contributed by atoms with E-state index < -0.39 is 14.1 Å². The van der Waals surface area contributed by atoms with Gasteiger partial charge in [0.05, 0.1) is 16.7 Å². The van der Waals surface area contributed by atoms with Crippen molar-refractivity contribution in [3.63, 3.8) is 0 Å². The lowest BCUT2D eigenvalue weighted by molar-refractivity contribution is 0.233. The zero-order chi connectivity index (χ0) is 22.0. The van der Waals surface area contributed by atoms with E-state index in [4.69, 9.17) is 74.3 Å². The van der Waals surface area contributed by atoms with E-state index in [1.165, 1.54) is 5.56 Å². The third kappa shape index (κ3) is 3.81. The van der Waals surface area contributed by atoms with Gasteiger partial charge in [0.15, 0.2) is 4.33 Å². The third-order valence-corrected chi connectivity index (χ3v) is 10.3. The largest absolute Gasteiger partial charge is 0.493 e. The van der Waals surface area contributed by atoms with Crippen LogP contribution in [0.2, 0.25) is 0 Å². The topological polar surface area (TPSA) is 9.23 Å². The van der Waals surface area contributed by atoms with Gasteiger partial charge in [-0.15, -0.1) is 23.2 Å². The number of allylic oxidation sites excluding steroid dienone is 2. The Morgan fingerprint density at radius 3 is 1.93 bits per heavy atom. The van der Waals surface area contributed by atoms with E-state index in [2.05, 4.69) is 46.8 Å². The van der Waals surface area contributed by atoms with Crippen molar-refractivity contribution in [3.8, 4) is 5.75 Å². The highest BCUT2D eigenvalue weighted by molar-refractivity contribution is 6.65. The summed E-state index contributed by atoms with van der Waals surface area (Å²) in [6.45, 7) is 11.6. The molecule has 3 unspecified atom stereocenters. The first-order chi connectivity index (χ1) is 13.1. The van der Waals surface area contributed by atoms with E-state index in [-0.39, 0.29) is 33.4 Å². The van der Waals surface area contributed by atoms with Crippen LogP contribution < -0.4 is 4.74 Å². The Morgan fingerprint density at radius 1 is 0.931 bits per heavy atom. The standard InChI is InChI=1S/C22H26Cl6O/c1-18(2,3)12-19(4,5)13-6-8-15(9-7-13)29-11-14-10-20(25)16(23)17(24)21(14,26)22(20,27)28/h6-9,14H,10-12H2,1-5H3. The summed E-state index contributed by atoms with van der Waals surface area (Å²) in [7, 11) is 0. The molecule has 1 fully saturated rings. The van der Waals surface area contributed by atoms with E-state index in [1.807, 2.05) is 12.1 Å². The van der Waals surface area contributed by atoms with Gasteiger partial charge in [-0.1, -0.05) is 93.2 Å². The van der Waals surface area contributed by atoms with Crippen molar-refractivity contribution < 1.29 is 4.74 Å². The summed E-state index contributed by atoms with van der Waals surface area (Å²) >= 11 is 39.2. The maximum absolute atomic E-state index is 6.80. The van der Waals surface area contributed by atoms with Crippen molar-refractivity contribution in [1.29, 1.82) is 0 Å². The second-order valence-electron chi connectivity index (χ2n) is 10.1. The van der Waals surface area contributed by atoms with Gasteiger partial charge < -0.3 is 4.74 Å². The predicted octanol–water partition coefficient (Wildman–Crippen LogP) is 8.63. The molecule has 1 saturated carbocycles. The Morgan fingerprint density at radius 2 is 1.48 bits per heavy atom. The summed E-state index contributed by atoms with van der Waals surface area (Å²) in [5.74, 6) is 0.469. The number of hydrogen-bond acceptors (Lipinski definition) is 1. The summed E-state index contributed by atoms with van der Waals surface area (Å²) in [6, 6.07) is 8.17. The van der Waals surface area contributed by atoms with Crippen molar-refractivity contribution >= 4 is 69.6 Å². The SMILES string of the molecule is CC(C)(C)CC(C)(C)c1ccc(OCC2CC3(Cl)C(Cl)=C(Cl)C2(Cl)C3(Cl)Cl)cc1. The molecule has 0 saturated heterocycles. The summed E-state index contributed by atoms with van der Waals surface area (Å²) in [5, 5.41) is 0.433. The number of halogens is 6. The van der Waals surface area contributed by atoms with Crippen LogP contribution in [0.3, 0.4) is 0 Å². The van der Waals surface area contributed by atoms with Crippen molar-refractivity contribution in [1.82, 2.24) is 0 Å². The van der Waals surface area contributed by atoms with Gasteiger partial charge in [-0.2, -0.15) is 0 Å². The van der Waals surface area contributed by atoms with E-state index in [1.54, 1.807) is 0 Å². The summed E-state index contributed by atoms with van der Waals surface area (Å²) in [4.78, 5) is -2.48. The molecule has 3 atom stereocenters. The van der Waals surface area contributed by atoms with Crippen LogP contribution in [0.5, 0.6) is 5.75 Å². The molecule has 0 radical (unpaired) electrons.